The molecular formula is C14H13ClN2O3S. The number of rotatable bonds is 4. The fourth-order valence-corrected chi connectivity index (χ4v) is 2.98. The quantitative estimate of drug-likeness (QED) is 0.633. The number of nitrogens with zero attached hydrogens (tertiary/aromatic N) is 2. The van der Waals surface area contributed by atoms with Gasteiger partial charge in [0.15, 0.2) is 0 Å². The van der Waals surface area contributed by atoms with Gasteiger partial charge in [0.2, 0.25) is 0 Å². The van der Waals surface area contributed by atoms with Gasteiger partial charge in [0.05, 0.1) is 9.80 Å². The third-order valence-corrected chi connectivity index (χ3v) is 4.42. The topological polar surface area (TPSA) is 63.5 Å². The van der Waals surface area contributed by atoms with E-state index in [9.17, 15) is 14.9 Å². The van der Waals surface area contributed by atoms with Crippen molar-refractivity contribution in [3.63, 3.8) is 0 Å². The Balaban J connectivity index is 2.21. The summed E-state index contributed by atoms with van der Waals surface area (Å²) >= 11 is 7.42. The lowest BCUT2D eigenvalue weighted by Gasteiger charge is -2.17. The Hall–Kier alpha value is -1.92. The number of nitro groups is 1. The largest absolute Gasteiger partial charge is 0.337 e. The van der Waals surface area contributed by atoms with Crippen molar-refractivity contribution >= 4 is 34.5 Å². The van der Waals surface area contributed by atoms with E-state index >= 15 is 0 Å². The Morgan fingerprint density at radius 3 is 2.71 bits per heavy atom. The van der Waals surface area contributed by atoms with E-state index in [4.69, 9.17) is 11.6 Å². The van der Waals surface area contributed by atoms with Crippen molar-refractivity contribution in [2.75, 3.05) is 7.05 Å². The Morgan fingerprint density at radius 1 is 1.43 bits per heavy atom. The fraction of sp³-hybridized carbons (Fsp3) is 0.214. The van der Waals surface area contributed by atoms with Gasteiger partial charge in [-0.3, -0.25) is 14.9 Å². The van der Waals surface area contributed by atoms with Gasteiger partial charge in [-0.2, -0.15) is 0 Å². The van der Waals surface area contributed by atoms with E-state index in [1.54, 1.807) is 7.05 Å². The molecule has 7 heteroatoms. The number of thiophene rings is 1. The third kappa shape index (κ3) is 3.40. The highest BCUT2D eigenvalue weighted by atomic mass is 35.5. The number of non-ortho nitro benzene ring substituents is 1. The number of amides is 1. The van der Waals surface area contributed by atoms with Crippen molar-refractivity contribution in [1.82, 2.24) is 4.90 Å². The standard InChI is InChI=1S/C14H13ClN2O3S/c1-9-5-6-21-13(9)14(18)16(2)8-10-7-11(17(19)20)3-4-12(10)15/h3-7H,8H2,1-2H3. The van der Waals surface area contributed by atoms with Gasteiger partial charge in [-0.05, 0) is 35.6 Å². The van der Waals surface area contributed by atoms with Crippen molar-refractivity contribution in [3.05, 3.63) is 60.8 Å². The summed E-state index contributed by atoms with van der Waals surface area (Å²) in [5.41, 5.74) is 1.43. The Morgan fingerprint density at radius 2 is 2.14 bits per heavy atom. The average molecular weight is 325 g/mol. The molecule has 0 aliphatic rings. The maximum atomic E-state index is 12.3. The molecule has 2 rings (SSSR count). The van der Waals surface area contributed by atoms with Gasteiger partial charge in [-0.1, -0.05) is 11.6 Å². The monoisotopic (exact) mass is 324 g/mol. The van der Waals surface area contributed by atoms with Crippen LogP contribution in [0.2, 0.25) is 5.02 Å². The highest BCUT2D eigenvalue weighted by Crippen LogP contribution is 2.24. The van der Waals surface area contributed by atoms with Gasteiger partial charge in [0, 0.05) is 30.7 Å². The van der Waals surface area contributed by atoms with Crippen LogP contribution >= 0.6 is 22.9 Å². The average Bonchev–Trinajstić information content (AvgIpc) is 2.86. The highest BCUT2D eigenvalue weighted by molar-refractivity contribution is 7.12. The number of benzene rings is 1. The number of halogens is 1. The van der Waals surface area contributed by atoms with Crippen LogP contribution in [-0.2, 0) is 6.54 Å². The maximum absolute atomic E-state index is 12.3. The third-order valence-electron chi connectivity index (χ3n) is 3.05. The molecule has 0 bridgehead atoms. The number of aryl methyl sites for hydroxylation is 1. The Kier molecular flexibility index (Phi) is 4.59. The van der Waals surface area contributed by atoms with Crippen LogP contribution < -0.4 is 0 Å². The molecule has 0 spiro atoms. The van der Waals surface area contributed by atoms with Crippen LogP contribution in [0.3, 0.4) is 0 Å². The summed E-state index contributed by atoms with van der Waals surface area (Å²) in [6, 6.07) is 6.10. The summed E-state index contributed by atoms with van der Waals surface area (Å²) in [4.78, 5) is 24.8. The molecule has 1 aromatic heterocycles. The van der Waals surface area contributed by atoms with E-state index in [-0.39, 0.29) is 18.1 Å². The minimum Gasteiger partial charge on any atom is -0.337 e. The van der Waals surface area contributed by atoms with Crippen molar-refractivity contribution in [1.29, 1.82) is 0 Å². The van der Waals surface area contributed by atoms with Crippen LogP contribution in [0.4, 0.5) is 5.69 Å². The minimum absolute atomic E-state index is 0.0393. The van der Waals surface area contributed by atoms with Gasteiger partial charge >= 0.3 is 0 Å². The highest BCUT2D eigenvalue weighted by Gasteiger charge is 2.18. The summed E-state index contributed by atoms with van der Waals surface area (Å²) in [5, 5.41) is 13.1. The molecule has 0 saturated heterocycles. The minimum atomic E-state index is -0.481. The summed E-state index contributed by atoms with van der Waals surface area (Å²) < 4.78 is 0. The molecule has 110 valence electrons. The molecule has 0 atom stereocenters. The van der Waals surface area contributed by atoms with E-state index in [2.05, 4.69) is 0 Å². The molecule has 2 aromatic rings. The molecule has 5 nitrogen and oxygen atoms in total. The molecule has 0 radical (unpaired) electrons. The number of nitro benzene ring substituents is 1. The van der Waals surface area contributed by atoms with E-state index < -0.39 is 4.92 Å². The van der Waals surface area contributed by atoms with E-state index in [0.717, 1.165) is 5.56 Å². The Bertz CT molecular complexity index is 699. The smallest absolute Gasteiger partial charge is 0.269 e. The molecule has 1 amide bonds. The van der Waals surface area contributed by atoms with Gasteiger partial charge in [0.1, 0.15) is 0 Å². The zero-order valence-corrected chi connectivity index (χ0v) is 13.1. The summed E-state index contributed by atoms with van der Waals surface area (Å²) in [6.45, 7) is 2.09. The normalized spacial score (nSPS) is 10.4. The van der Waals surface area contributed by atoms with Crippen molar-refractivity contribution in [2.45, 2.75) is 13.5 Å². The molecule has 0 aliphatic heterocycles. The number of hydrogen-bond donors (Lipinski definition) is 0. The first kappa shape index (κ1) is 15.5. The predicted octanol–water partition coefficient (Wildman–Crippen LogP) is 3.89. The molecule has 1 aromatic carbocycles. The number of hydrogen-bond acceptors (Lipinski definition) is 4. The summed E-state index contributed by atoms with van der Waals surface area (Å²) in [6.07, 6.45) is 0. The first-order valence-electron chi connectivity index (χ1n) is 6.12. The molecule has 1 heterocycles. The molecule has 0 saturated carbocycles. The van der Waals surface area contributed by atoms with Crippen LogP contribution in [0.1, 0.15) is 20.8 Å². The lowest BCUT2D eigenvalue weighted by molar-refractivity contribution is -0.384. The van der Waals surface area contributed by atoms with Crippen LogP contribution in [0.5, 0.6) is 0 Å². The first-order chi connectivity index (χ1) is 9.90. The molecule has 0 aliphatic carbocycles. The molecule has 0 fully saturated rings. The lowest BCUT2D eigenvalue weighted by atomic mass is 10.2. The zero-order valence-electron chi connectivity index (χ0n) is 11.5. The second-order valence-electron chi connectivity index (χ2n) is 4.63. The molecule has 21 heavy (non-hydrogen) atoms. The summed E-state index contributed by atoms with van der Waals surface area (Å²) in [5.74, 6) is -0.120. The number of carbonyl (C=O) groups excluding carboxylic acids is 1. The lowest BCUT2D eigenvalue weighted by Crippen LogP contribution is -2.26. The zero-order chi connectivity index (χ0) is 15.6. The maximum Gasteiger partial charge on any atom is 0.269 e. The van der Waals surface area contributed by atoms with E-state index in [0.29, 0.717) is 15.5 Å². The second-order valence-corrected chi connectivity index (χ2v) is 5.95. The van der Waals surface area contributed by atoms with Crippen LogP contribution in [-0.4, -0.2) is 22.8 Å². The van der Waals surface area contributed by atoms with Crippen LogP contribution in [0, 0.1) is 17.0 Å². The molecule has 0 unspecified atom stereocenters. The number of carbonyl (C=O) groups is 1. The molecule has 0 N–H and O–H groups in total. The van der Waals surface area contributed by atoms with Crippen LogP contribution in [0.25, 0.3) is 0 Å². The Labute approximate surface area is 130 Å². The molecular weight excluding hydrogens is 312 g/mol. The van der Waals surface area contributed by atoms with Crippen molar-refractivity contribution in [2.24, 2.45) is 0 Å². The van der Waals surface area contributed by atoms with Gasteiger partial charge in [0.25, 0.3) is 11.6 Å². The van der Waals surface area contributed by atoms with Crippen LogP contribution in [0.15, 0.2) is 29.6 Å². The van der Waals surface area contributed by atoms with Gasteiger partial charge in [-0.25, -0.2) is 0 Å². The first-order valence-corrected chi connectivity index (χ1v) is 7.38. The van der Waals surface area contributed by atoms with Crippen molar-refractivity contribution < 1.29 is 9.72 Å². The van der Waals surface area contributed by atoms with Crippen molar-refractivity contribution in [3.8, 4) is 0 Å². The predicted molar refractivity (Wildman–Crippen MR) is 83.0 cm³/mol. The fourth-order valence-electron chi connectivity index (χ4n) is 1.89. The van der Waals surface area contributed by atoms with E-state index in [1.807, 2.05) is 18.4 Å². The van der Waals surface area contributed by atoms with Gasteiger partial charge < -0.3 is 4.90 Å². The van der Waals surface area contributed by atoms with Gasteiger partial charge in [-0.15, -0.1) is 11.3 Å². The SMILES string of the molecule is Cc1ccsc1C(=O)N(C)Cc1cc([N+](=O)[O-])ccc1Cl. The van der Waals surface area contributed by atoms with E-state index in [1.165, 1.54) is 34.4 Å². The summed E-state index contributed by atoms with van der Waals surface area (Å²) in [7, 11) is 1.65. The second kappa shape index (κ2) is 6.24.